The van der Waals surface area contributed by atoms with Gasteiger partial charge in [0.1, 0.15) is 5.54 Å². The first-order valence-electron chi connectivity index (χ1n) is 6.35. The second-order valence-corrected chi connectivity index (χ2v) is 6.79. The van der Waals surface area contributed by atoms with Gasteiger partial charge in [0.05, 0.1) is 0 Å². The molecule has 1 saturated heterocycles. The van der Waals surface area contributed by atoms with E-state index in [4.69, 9.17) is 0 Å². The minimum absolute atomic E-state index is 0.313. The van der Waals surface area contributed by atoms with Crippen LogP contribution in [0.2, 0.25) is 0 Å². The molecule has 108 valence electrons. The van der Waals surface area contributed by atoms with Gasteiger partial charge >= 0.3 is 5.97 Å². The third-order valence-corrected chi connectivity index (χ3v) is 5.19. The van der Waals surface area contributed by atoms with Crippen LogP contribution in [0.1, 0.15) is 23.2 Å². The van der Waals surface area contributed by atoms with Crippen LogP contribution < -0.4 is 5.32 Å². The van der Waals surface area contributed by atoms with Gasteiger partial charge in [-0.2, -0.15) is 11.8 Å². The molecule has 2 rings (SSSR count). The number of hydrogen-bond acceptors (Lipinski definition) is 4. The molecular weight excluding hydrogens is 294 g/mol. The molecule has 0 aromatic heterocycles. The predicted molar refractivity (Wildman–Crippen MR) is 82.6 cm³/mol. The quantitative estimate of drug-likeness (QED) is 0.836. The molecule has 1 aliphatic heterocycles. The summed E-state index contributed by atoms with van der Waals surface area (Å²) >= 11 is 3.33. The first-order valence-corrected chi connectivity index (χ1v) is 8.73. The zero-order valence-electron chi connectivity index (χ0n) is 11.2. The fourth-order valence-electron chi connectivity index (χ4n) is 2.14. The summed E-state index contributed by atoms with van der Waals surface area (Å²) in [5.74, 6) is 0.273. The maximum absolute atomic E-state index is 12.2. The van der Waals surface area contributed by atoms with Gasteiger partial charge in [0.15, 0.2) is 0 Å². The molecule has 6 heteroatoms. The minimum atomic E-state index is -1.11. The van der Waals surface area contributed by atoms with Crippen molar-refractivity contribution in [2.45, 2.75) is 23.3 Å². The summed E-state index contributed by atoms with van der Waals surface area (Å²) in [5.41, 5.74) is -0.609. The number of thioether (sulfide) groups is 2. The lowest BCUT2D eigenvalue weighted by Gasteiger charge is -2.33. The van der Waals surface area contributed by atoms with Crippen LogP contribution in [0.3, 0.4) is 0 Å². The number of rotatable bonds is 4. The van der Waals surface area contributed by atoms with E-state index in [9.17, 15) is 14.7 Å². The molecule has 0 atom stereocenters. The van der Waals surface area contributed by atoms with E-state index in [1.165, 1.54) is 0 Å². The van der Waals surface area contributed by atoms with Gasteiger partial charge in [-0.05, 0) is 54.9 Å². The molecule has 1 aliphatic rings. The largest absolute Gasteiger partial charge is 0.480 e. The maximum Gasteiger partial charge on any atom is 0.329 e. The van der Waals surface area contributed by atoms with Gasteiger partial charge in [0, 0.05) is 10.5 Å². The van der Waals surface area contributed by atoms with E-state index in [0.717, 1.165) is 16.4 Å². The van der Waals surface area contributed by atoms with E-state index in [1.807, 2.05) is 18.4 Å². The van der Waals surface area contributed by atoms with E-state index in [1.54, 1.807) is 35.7 Å². The van der Waals surface area contributed by atoms with E-state index in [-0.39, 0.29) is 5.91 Å². The Kier molecular flexibility index (Phi) is 4.99. The van der Waals surface area contributed by atoms with Crippen molar-refractivity contribution in [1.29, 1.82) is 0 Å². The number of carboxylic acids is 1. The number of carbonyl (C=O) groups excluding carboxylic acids is 1. The van der Waals surface area contributed by atoms with Gasteiger partial charge < -0.3 is 10.4 Å². The molecular formula is C14H17NO3S2. The molecule has 1 heterocycles. The lowest BCUT2D eigenvalue weighted by atomic mass is 9.92. The highest BCUT2D eigenvalue weighted by Crippen LogP contribution is 2.28. The fraction of sp³-hybridized carbons (Fsp3) is 0.429. The van der Waals surface area contributed by atoms with Gasteiger partial charge in [-0.15, -0.1) is 11.8 Å². The minimum Gasteiger partial charge on any atom is -0.480 e. The molecule has 0 unspecified atom stereocenters. The number of benzene rings is 1. The fourth-order valence-corrected chi connectivity index (χ4v) is 3.74. The van der Waals surface area contributed by atoms with Crippen LogP contribution in [0.15, 0.2) is 29.2 Å². The standard InChI is InChI=1S/C14H17NO3S2/c1-19-11-4-2-10(3-5-11)12(16)15-14(13(17)18)6-8-20-9-7-14/h2-5H,6-9H2,1H3,(H,15,16)(H,17,18). The van der Waals surface area contributed by atoms with Crippen molar-refractivity contribution in [3.63, 3.8) is 0 Å². The Labute approximate surface area is 126 Å². The van der Waals surface area contributed by atoms with Crippen molar-refractivity contribution in [3.05, 3.63) is 29.8 Å². The van der Waals surface area contributed by atoms with Crippen LogP contribution in [0.25, 0.3) is 0 Å². The molecule has 0 radical (unpaired) electrons. The van der Waals surface area contributed by atoms with Gasteiger partial charge in [-0.3, -0.25) is 4.79 Å². The Bertz CT molecular complexity index is 496. The first-order chi connectivity index (χ1) is 9.57. The molecule has 2 N–H and O–H groups in total. The number of amides is 1. The number of carboxylic acid groups (broad SMARTS) is 1. The predicted octanol–water partition coefficient (Wildman–Crippen LogP) is 2.49. The van der Waals surface area contributed by atoms with Crippen molar-refractivity contribution >= 4 is 35.4 Å². The maximum atomic E-state index is 12.2. The Morgan fingerprint density at radius 1 is 1.25 bits per heavy atom. The van der Waals surface area contributed by atoms with Gasteiger partial charge in [0.2, 0.25) is 0 Å². The van der Waals surface area contributed by atoms with Crippen molar-refractivity contribution in [2.24, 2.45) is 0 Å². The number of hydrogen-bond donors (Lipinski definition) is 2. The summed E-state index contributed by atoms with van der Waals surface area (Å²) < 4.78 is 0. The van der Waals surface area contributed by atoms with Crippen LogP contribution in [-0.4, -0.2) is 40.3 Å². The smallest absolute Gasteiger partial charge is 0.329 e. The van der Waals surface area contributed by atoms with Crippen molar-refractivity contribution < 1.29 is 14.7 Å². The number of aliphatic carboxylic acids is 1. The number of carbonyl (C=O) groups is 2. The summed E-state index contributed by atoms with van der Waals surface area (Å²) in [7, 11) is 0. The van der Waals surface area contributed by atoms with Crippen LogP contribution in [-0.2, 0) is 4.79 Å². The molecule has 0 aliphatic carbocycles. The van der Waals surface area contributed by atoms with Crippen LogP contribution in [0.4, 0.5) is 0 Å². The highest BCUT2D eigenvalue weighted by Gasteiger charge is 2.41. The lowest BCUT2D eigenvalue weighted by molar-refractivity contribution is -0.144. The zero-order valence-corrected chi connectivity index (χ0v) is 12.9. The van der Waals surface area contributed by atoms with Gasteiger partial charge in [-0.25, -0.2) is 4.79 Å². The Morgan fingerprint density at radius 2 is 1.85 bits per heavy atom. The summed E-state index contributed by atoms with van der Waals surface area (Å²) in [6.07, 6.45) is 2.91. The van der Waals surface area contributed by atoms with E-state index in [2.05, 4.69) is 5.32 Å². The van der Waals surface area contributed by atoms with Crippen LogP contribution >= 0.6 is 23.5 Å². The summed E-state index contributed by atoms with van der Waals surface area (Å²) in [4.78, 5) is 24.8. The second kappa shape index (κ2) is 6.54. The van der Waals surface area contributed by atoms with Gasteiger partial charge in [-0.1, -0.05) is 0 Å². The third kappa shape index (κ3) is 3.30. The second-order valence-electron chi connectivity index (χ2n) is 4.68. The molecule has 0 bridgehead atoms. The normalized spacial score (nSPS) is 17.4. The highest BCUT2D eigenvalue weighted by molar-refractivity contribution is 7.99. The van der Waals surface area contributed by atoms with Crippen LogP contribution in [0.5, 0.6) is 0 Å². The molecule has 4 nitrogen and oxygen atoms in total. The zero-order chi connectivity index (χ0) is 14.6. The molecule has 1 amide bonds. The molecule has 20 heavy (non-hydrogen) atoms. The van der Waals surface area contributed by atoms with Gasteiger partial charge in [0.25, 0.3) is 5.91 Å². The molecule has 1 aromatic carbocycles. The average Bonchev–Trinajstić information content (AvgIpc) is 2.48. The van der Waals surface area contributed by atoms with Crippen molar-refractivity contribution in [2.75, 3.05) is 17.8 Å². The Morgan fingerprint density at radius 3 is 2.35 bits per heavy atom. The topological polar surface area (TPSA) is 66.4 Å². The Balaban J connectivity index is 2.13. The monoisotopic (exact) mass is 311 g/mol. The van der Waals surface area contributed by atoms with E-state index >= 15 is 0 Å². The molecule has 1 aromatic rings. The molecule has 0 saturated carbocycles. The lowest BCUT2D eigenvalue weighted by Crippen LogP contribution is -2.56. The summed E-state index contributed by atoms with van der Waals surface area (Å²) in [5, 5.41) is 12.2. The molecule has 0 spiro atoms. The van der Waals surface area contributed by atoms with Crippen molar-refractivity contribution in [3.8, 4) is 0 Å². The highest BCUT2D eigenvalue weighted by atomic mass is 32.2. The van der Waals surface area contributed by atoms with Crippen molar-refractivity contribution in [1.82, 2.24) is 5.32 Å². The summed E-state index contributed by atoms with van der Waals surface area (Å²) in [6.45, 7) is 0. The number of nitrogens with one attached hydrogen (secondary N) is 1. The van der Waals surface area contributed by atoms with Crippen LogP contribution in [0, 0.1) is 0 Å². The Hall–Kier alpha value is -1.14. The third-order valence-electron chi connectivity index (χ3n) is 3.46. The summed E-state index contributed by atoms with van der Waals surface area (Å²) in [6, 6.07) is 7.19. The SMILES string of the molecule is CSc1ccc(C(=O)NC2(C(=O)O)CCSCC2)cc1. The van der Waals surface area contributed by atoms with E-state index < -0.39 is 11.5 Å². The molecule has 1 fully saturated rings. The van der Waals surface area contributed by atoms with E-state index in [0.29, 0.717) is 18.4 Å². The average molecular weight is 311 g/mol. The first kappa shape index (κ1) is 15.3.